The number of ether oxygens (including phenoxy) is 1. The van der Waals surface area contributed by atoms with Crippen molar-refractivity contribution < 1.29 is 19.4 Å². The number of anilines is 1. The van der Waals surface area contributed by atoms with Crippen LogP contribution in [0.4, 0.5) is 17.1 Å². The number of rotatable bonds is 8. The van der Waals surface area contributed by atoms with Crippen molar-refractivity contribution in [2.75, 3.05) is 18.0 Å². The van der Waals surface area contributed by atoms with Gasteiger partial charge in [-0.25, -0.2) is 4.79 Å². The topological polar surface area (TPSA) is 116 Å². The highest BCUT2D eigenvalue weighted by molar-refractivity contribution is 5.94. The predicted molar refractivity (Wildman–Crippen MR) is 97.7 cm³/mol. The molecule has 0 bridgehead atoms. The first-order chi connectivity index (χ1) is 12.0. The first kappa shape index (κ1) is 21.3. The van der Waals surface area contributed by atoms with Gasteiger partial charge in [-0.05, 0) is 33.6 Å². The van der Waals surface area contributed by atoms with Crippen LogP contribution in [0.1, 0.15) is 57.8 Å². The molecule has 9 nitrogen and oxygen atoms in total. The zero-order valence-electron chi connectivity index (χ0n) is 15.8. The largest absolute Gasteiger partial charge is 0.456 e. The zero-order valence-corrected chi connectivity index (χ0v) is 15.8. The minimum absolute atomic E-state index is 0.0731. The molecule has 0 amide bonds. The number of benzene rings is 1. The van der Waals surface area contributed by atoms with Crippen LogP contribution in [-0.2, 0) is 4.74 Å². The Kier molecular flexibility index (Phi) is 7.05. The molecule has 9 heteroatoms. The van der Waals surface area contributed by atoms with Gasteiger partial charge in [0.05, 0.1) is 15.4 Å². The summed E-state index contributed by atoms with van der Waals surface area (Å²) in [5.74, 6) is -0.840. The third-order valence-corrected chi connectivity index (χ3v) is 3.40. The van der Waals surface area contributed by atoms with Crippen LogP contribution in [0.15, 0.2) is 12.1 Å². The van der Waals surface area contributed by atoms with Gasteiger partial charge in [0.15, 0.2) is 5.69 Å². The quantitative estimate of drug-likeness (QED) is 0.386. The molecule has 0 saturated heterocycles. The average Bonchev–Trinajstić information content (AvgIpc) is 2.51. The lowest BCUT2D eigenvalue weighted by Crippen LogP contribution is -2.27. The van der Waals surface area contributed by atoms with Crippen LogP contribution in [0.25, 0.3) is 0 Å². The van der Waals surface area contributed by atoms with Gasteiger partial charge in [0, 0.05) is 25.2 Å². The van der Waals surface area contributed by atoms with Gasteiger partial charge in [-0.3, -0.25) is 20.2 Å². The number of hydrogen-bond donors (Lipinski definition) is 0. The number of carbonyl (C=O) groups is 1. The van der Waals surface area contributed by atoms with Gasteiger partial charge >= 0.3 is 17.3 Å². The minimum atomic E-state index is -0.840. The third kappa shape index (κ3) is 5.40. The molecule has 1 rings (SSSR count). The average molecular weight is 367 g/mol. The molecule has 1 aromatic carbocycles. The van der Waals surface area contributed by atoms with Crippen LogP contribution in [-0.4, -0.2) is 34.5 Å². The maximum absolute atomic E-state index is 12.3. The fourth-order valence-corrected chi connectivity index (χ4v) is 2.54. The van der Waals surface area contributed by atoms with Gasteiger partial charge in [-0.1, -0.05) is 13.8 Å². The molecule has 0 aliphatic heterocycles. The summed E-state index contributed by atoms with van der Waals surface area (Å²) >= 11 is 0. The molecule has 0 N–H and O–H groups in total. The van der Waals surface area contributed by atoms with Crippen molar-refractivity contribution >= 4 is 23.0 Å². The van der Waals surface area contributed by atoms with E-state index in [0.29, 0.717) is 25.9 Å². The van der Waals surface area contributed by atoms with E-state index >= 15 is 0 Å². The maximum Gasteiger partial charge on any atom is 0.339 e. The predicted octanol–water partition coefficient (Wildman–Crippen LogP) is 4.08. The van der Waals surface area contributed by atoms with E-state index < -0.39 is 32.8 Å². The summed E-state index contributed by atoms with van der Waals surface area (Å²) < 4.78 is 5.19. The Morgan fingerprint density at radius 3 is 1.77 bits per heavy atom. The second-order valence-corrected chi connectivity index (χ2v) is 6.87. The molecular formula is C17H25N3O6. The van der Waals surface area contributed by atoms with E-state index in [1.165, 1.54) is 0 Å². The van der Waals surface area contributed by atoms with Crippen molar-refractivity contribution in [2.24, 2.45) is 0 Å². The molecule has 26 heavy (non-hydrogen) atoms. The third-order valence-electron chi connectivity index (χ3n) is 3.40. The van der Waals surface area contributed by atoms with Crippen molar-refractivity contribution in [3.05, 3.63) is 37.9 Å². The fourth-order valence-electron chi connectivity index (χ4n) is 2.54. The molecule has 0 radical (unpaired) electrons. The Hall–Kier alpha value is -2.71. The molecule has 0 fully saturated rings. The summed E-state index contributed by atoms with van der Waals surface area (Å²) in [6.45, 7) is 9.57. The normalized spacial score (nSPS) is 11.1. The van der Waals surface area contributed by atoms with Gasteiger partial charge in [-0.2, -0.15) is 0 Å². The molecule has 144 valence electrons. The number of esters is 1. The Morgan fingerprint density at radius 1 is 1.04 bits per heavy atom. The van der Waals surface area contributed by atoms with Gasteiger partial charge in [-0.15, -0.1) is 0 Å². The first-order valence-corrected chi connectivity index (χ1v) is 8.46. The highest BCUT2D eigenvalue weighted by Gasteiger charge is 2.33. The lowest BCUT2D eigenvalue weighted by molar-refractivity contribution is -0.392. The van der Waals surface area contributed by atoms with Crippen LogP contribution in [0.5, 0.6) is 0 Å². The van der Waals surface area contributed by atoms with Crippen molar-refractivity contribution in [1.82, 2.24) is 0 Å². The number of nitro benzene ring substituents is 2. The summed E-state index contributed by atoms with van der Waals surface area (Å²) in [5.41, 5.74) is -2.05. The van der Waals surface area contributed by atoms with E-state index in [1.807, 2.05) is 13.8 Å². The Balaban J connectivity index is 3.61. The molecule has 0 heterocycles. The molecule has 0 unspecified atom stereocenters. The molecule has 0 aliphatic carbocycles. The van der Waals surface area contributed by atoms with Crippen LogP contribution >= 0.6 is 0 Å². The molecule has 0 aromatic heterocycles. The van der Waals surface area contributed by atoms with E-state index in [-0.39, 0.29) is 11.3 Å². The summed E-state index contributed by atoms with van der Waals surface area (Å²) in [7, 11) is 0. The van der Waals surface area contributed by atoms with Crippen molar-refractivity contribution in [3.63, 3.8) is 0 Å². The standard InChI is InChI=1S/C17H25N3O6/c1-6-8-18(9-7-2)15-13(19(22)23)10-12(11-14(15)20(24)25)16(21)26-17(3,4)5/h10-11H,6-9H2,1-5H3. The van der Waals surface area contributed by atoms with Crippen molar-refractivity contribution in [2.45, 2.75) is 53.1 Å². The van der Waals surface area contributed by atoms with E-state index in [9.17, 15) is 25.0 Å². The van der Waals surface area contributed by atoms with Crippen LogP contribution < -0.4 is 4.90 Å². The highest BCUT2D eigenvalue weighted by atomic mass is 16.6. The number of nitrogens with zero attached hydrogens (tertiary/aromatic N) is 3. The zero-order chi connectivity index (χ0) is 20.1. The second-order valence-electron chi connectivity index (χ2n) is 6.87. The van der Waals surface area contributed by atoms with Crippen LogP contribution in [0, 0.1) is 20.2 Å². The molecule has 0 atom stereocenters. The van der Waals surface area contributed by atoms with Crippen LogP contribution in [0.3, 0.4) is 0 Å². The summed E-state index contributed by atoms with van der Waals surface area (Å²) in [4.78, 5) is 35.6. The summed E-state index contributed by atoms with van der Waals surface area (Å²) in [6, 6.07) is 2.10. The SMILES string of the molecule is CCCN(CCC)c1c([N+](=O)[O-])cc(C(=O)OC(C)(C)C)cc1[N+](=O)[O-]. The van der Waals surface area contributed by atoms with E-state index in [4.69, 9.17) is 4.74 Å². The van der Waals surface area contributed by atoms with Crippen molar-refractivity contribution in [3.8, 4) is 0 Å². The molecule has 0 aliphatic rings. The number of nitro groups is 2. The molecule has 1 aromatic rings. The summed E-state index contributed by atoms with van der Waals surface area (Å²) in [6.07, 6.45) is 1.34. The first-order valence-electron chi connectivity index (χ1n) is 8.46. The minimum Gasteiger partial charge on any atom is -0.456 e. The lowest BCUT2D eigenvalue weighted by Gasteiger charge is -2.24. The number of carbonyl (C=O) groups excluding carboxylic acids is 1. The van der Waals surface area contributed by atoms with Gasteiger partial charge < -0.3 is 9.64 Å². The highest BCUT2D eigenvalue weighted by Crippen LogP contribution is 2.39. The monoisotopic (exact) mass is 367 g/mol. The van der Waals surface area contributed by atoms with Gasteiger partial charge in [0.1, 0.15) is 5.60 Å². The van der Waals surface area contributed by atoms with Crippen LogP contribution in [0.2, 0.25) is 0 Å². The molecule has 0 spiro atoms. The maximum atomic E-state index is 12.3. The lowest BCUT2D eigenvalue weighted by atomic mass is 10.1. The Bertz CT molecular complexity index is 655. The molecular weight excluding hydrogens is 342 g/mol. The van der Waals surface area contributed by atoms with Crippen molar-refractivity contribution in [1.29, 1.82) is 0 Å². The Morgan fingerprint density at radius 2 is 1.46 bits per heavy atom. The smallest absolute Gasteiger partial charge is 0.339 e. The summed E-state index contributed by atoms with van der Waals surface area (Å²) in [5, 5.41) is 23.1. The second kappa shape index (κ2) is 8.59. The Labute approximate surface area is 152 Å². The van der Waals surface area contributed by atoms with E-state index in [2.05, 4.69) is 0 Å². The van der Waals surface area contributed by atoms with E-state index in [1.54, 1.807) is 25.7 Å². The molecule has 0 saturated carbocycles. The van der Waals surface area contributed by atoms with Gasteiger partial charge in [0.25, 0.3) is 0 Å². The number of hydrogen-bond acceptors (Lipinski definition) is 7. The van der Waals surface area contributed by atoms with E-state index in [0.717, 1.165) is 12.1 Å². The fraction of sp³-hybridized carbons (Fsp3) is 0.588. The van der Waals surface area contributed by atoms with Gasteiger partial charge in [0.2, 0.25) is 0 Å².